The normalized spacial score (nSPS) is 16.0. The molecule has 0 radical (unpaired) electrons. The number of benzene rings is 4. The molecule has 1 amide bonds. The van der Waals surface area contributed by atoms with E-state index in [0.717, 1.165) is 16.7 Å². The van der Waals surface area contributed by atoms with Crippen molar-refractivity contribution in [1.29, 1.82) is 0 Å². The predicted molar refractivity (Wildman–Crippen MR) is 198 cm³/mol. The van der Waals surface area contributed by atoms with Gasteiger partial charge in [0.05, 0.1) is 33.9 Å². The quantitative estimate of drug-likeness (QED) is 0.0324. The summed E-state index contributed by atoms with van der Waals surface area (Å²) in [6, 6.07) is 27.3. The van der Waals surface area contributed by atoms with E-state index in [2.05, 4.69) is 30.9 Å². The molecular weight excluding hydrogens is 678 g/mol. The molecule has 5 rings (SSSR count). The van der Waals surface area contributed by atoms with Crippen LogP contribution in [-0.2, 0) is 35.5 Å². The van der Waals surface area contributed by atoms with E-state index in [1.54, 1.807) is 38.5 Å². The number of aliphatic hydroxyl groups excluding tert-OH is 1. The standard InChI is InChI=1S/C38H41N9O6/c1-50-32-16-17-34(51-2)27(22-32)18-19-41-45-37(49)38(23-28-8-3-4-9-29(28)24-42-46-39)35(33-11-6-5-10-30(33)25-43-47-40)53-36(44-38)26-12-14-31(15-13-26)52-21-7-20-48/h3-6,8-17,22,35,41,48H,7,18-21,23-25H2,1-2H3,(H,45,49)/t35-,38-/m0/s1. The van der Waals surface area contributed by atoms with Crippen LogP contribution in [0, 0.1) is 0 Å². The number of azide groups is 2. The third kappa shape index (κ3) is 9.36. The van der Waals surface area contributed by atoms with E-state index >= 15 is 0 Å². The molecule has 1 aliphatic rings. The van der Waals surface area contributed by atoms with Crippen LogP contribution in [0.5, 0.6) is 17.2 Å². The van der Waals surface area contributed by atoms with Crippen LogP contribution in [0.2, 0.25) is 0 Å². The van der Waals surface area contributed by atoms with Crippen molar-refractivity contribution in [3.05, 3.63) is 145 Å². The molecule has 2 atom stereocenters. The van der Waals surface area contributed by atoms with Gasteiger partial charge in [0.15, 0.2) is 11.6 Å². The molecule has 0 aliphatic carbocycles. The van der Waals surface area contributed by atoms with Crippen molar-refractivity contribution < 1.29 is 28.8 Å². The van der Waals surface area contributed by atoms with E-state index in [9.17, 15) is 10.3 Å². The highest BCUT2D eigenvalue weighted by Crippen LogP contribution is 2.44. The zero-order valence-corrected chi connectivity index (χ0v) is 29.5. The summed E-state index contributed by atoms with van der Waals surface area (Å²) in [5.41, 5.74) is 26.9. The first-order valence-electron chi connectivity index (χ1n) is 17.0. The van der Waals surface area contributed by atoms with Gasteiger partial charge < -0.3 is 24.1 Å². The summed E-state index contributed by atoms with van der Waals surface area (Å²) in [6.07, 6.45) is 0.0805. The number of carbonyl (C=O) groups is 1. The maximum atomic E-state index is 14.8. The Hall–Kier alpha value is -6.24. The molecule has 53 heavy (non-hydrogen) atoms. The molecular formula is C38H41N9O6. The molecule has 4 aromatic rings. The molecule has 15 nitrogen and oxygen atoms in total. The van der Waals surface area contributed by atoms with Gasteiger partial charge in [-0.25, -0.2) is 10.4 Å². The Labute approximate surface area is 306 Å². The minimum atomic E-state index is -1.61. The molecule has 0 saturated carbocycles. The summed E-state index contributed by atoms with van der Waals surface area (Å²) in [6.45, 7) is 0.802. The molecule has 0 saturated heterocycles. The summed E-state index contributed by atoms with van der Waals surface area (Å²) in [5, 5.41) is 16.7. The van der Waals surface area contributed by atoms with E-state index in [-0.39, 0.29) is 32.0 Å². The van der Waals surface area contributed by atoms with Crippen molar-refractivity contribution >= 4 is 11.8 Å². The lowest BCUT2D eigenvalue weighted by atomic mass is 9.80. The minimum Gasteiger partial charge on any atom is -0.497 e. The summed E-state index contributed by atoms with van der Waals surface area (Å²) in [7, 11) is 3.19. The molecule has 0 aromatic heterocycles. The number of nitrogens with zero attached hydrogens (tertiary/aromatic N) is 7. The van der Waals surface area contributed by atoms with Crippen LogP contribution in [0.1, 0.15) is 45.9 Å². The van der Waals surface area contributed by atoms with Gasteiger partial charge in [-0.05, 0) is 87.8 Å². The lowest BCUT2D eigenvalue weighted by Crippen LogP contribution is -2.54. The average Bonchev–Trinajstić information content (AvgIpc) is 3.58. The van der Waals surface area contributed by atoms with Crippen LogP contribution >= 0.6 is 0 Å². The number of hydrazine groups is 1. The second kappa shape index (κ2) is 18.8. The molecule has 3 N–H and O–H groups in total. The fraction of sp³-hybridized carbons (Fsp3) is 0.316. The maximum Gasteiger partial charge on any atom is 0.266 e. The van der Waals surface area contributed by atoms with Crippen molar-refractivity contribution in [3.8, 4) is 17.2 Å². The SMILES string of the molecule is COc1ccc(OC)c(CCNNC(=O)[C@@]2(Cc3ccccc3CN=[N+]=[N-])N=C(c3ccc(OCCCO)cc3)O[C@H]2c2ccccc2CN=[N+]=[N-])c1. The molecule has 0 unspecified atom stereocenters. The largest absolute Gasteiger partial charge is 0.497 e. The Morgan fingerprint density at radius 3 is 2.26 bits per heavy atom. The van der Waals surface area contributed by atoms with Crippen LogP contribution < -0.4 is 25.1 Å². The van der Waals surface area contributed by atoms with Crippen molar-refractivity contribution in [2.75, 3.05) is 34.0 Å². The van der Waals surface area contributed by atoms with Crippen molar-refractivity contribution in [3.63, 3.8) is 0 Å². The predicted octanol–water partition coefficient (Wildman–Crippen LogP) is 6.45. The van der Waals surface area contributed by atoms with Crippen LogP contribution in [0.3, 0.4) is 0 Å². The third-order valence-electron chi connectivity index (χ3n) is 8.76. The molecule has 4 aromatic carbocycles. The fourth-order valence-electron chi connectivity index (χ4n) is 6.11. The summed E-state index contributed by atoms with van der Waals surface area (Å²) in [5.74, 6) is 1.72. The molecule has 15 heteroatoms. The van der Waals surface area contributed by atoms with Gasteiger partial charge in [-0.3, -0.25) is 10.2 Å². The first-order valence-corrected chi connectivity index (χ1v) is 17.0. The number of carbonyl (C=O) groups excluding carboxylic acids is 1. The molecule has 0 fully saturated rings. The summed E-state index contributed by atoms with van der Waals surface area (Å²) >= 11 is 0. The van der Waals surface area contributed by atoms with E-state index in [1.807, 2.05) is 66.7 Å². The number of rotatable bonds is 19. The number of ether oxygens (including phenoxy) is 4. The number of amides is 1. The Bertz CT molecular complexity index is 1990. The maximum absolute atomic E-state index is 14.8. The van der Waals surface area contributed by atoms with Crippen molar-refractivity contribution in [2.24, 2.45) is 15.2 Å². The Kier molecular flexibility index (Phi) is 13.5. The average molecular weight is 720 g/mol. The zero-order valence-electron chi connectivity index (χ0n) is 29.5. The highest BCUT2D eigenvalue weighted by atomic mass is 16.5. The monoisotopic (exact) mass is 719 g/mol. The topological polar surface area (TPSA) is 208 Å². The van der Waals surface area contributed by atoms with Crippen molar-refractivity contribution in [2.45, 2.75) is 44.0 Å². The number of aliphatic hydroxyl groups is 1. The van der Waals surface area contributed by atoms with Crippen molar-refractivity contribution in [1.82, 2.24) is 10.9 Å². The van der Waals surface area contributed by atoms with Gasteiger partial charge in [-0.1, -0.05) is 58.8 Å². The highest BCUT2D eigenvalue weighted by Gasteiger charge is 2.54. The van der Waals surface area contributed by atoms with Crippen LogP contribution in [0.4, 0.5) is 0 Å². The van der Waals surface area contributed by atoms with E-state index in [4.69, 9.17) is 34.6 Å². The Morgan fingerprint density at radius 2 is 1.57 bits per heavy atom. The number of hydrogen-bond acceptors (Lipinski definition) is 10. The lowest BCUT2D eigenvalue weighted by Gasteiger charge is -2.32. The van der Waals surface area contributed by atoms with E-state index in [0.29, 0.717) is 59.9 Å². The fourth-order valence-corrected chi connectivity index (χ4v) is 6.11. The minimum absolute atomic E-state index is 0.0193. The highest BCUT2D eigenvalue weighted by molar-refractivity contribution is 6.01. The third-order valence-corrected chi connectivity index (χ3v) is 8.76. The molecule has 0 spiro atoms. The number of methoxy groups -OCH3 is 2. The number of hydrogen-bond donors (Lipinski definition) is 3. The van der Waals surface area contributed by atoms with Crippen LogP contribution in [0.15, 0.2) is 106 Å². The smallest absolute Gasteiger partial charge is 0.266 e. The molecule has 1 heterocycles. The van der Waals surface area contributed by atoms with Gasteiger partial charge in [0.25, 0.3) is 5.91 Å². The van der Waals surface area contributed by atoms with E-state index in [1.165, 1.54) is 0 Å². The van der Waals surface area contributed by atoms with Gasteiger partial charge in [0.1, 0.15) is 17.2 Å². The summed E-state index contributed by atoms with van der Waals surface area (Å²) < 4.78 is 23.3. The van der Waals surface area contributed by atoms with Gasteiger partial charge >= 0.3 is 0 Å². The number of aliphatic imine (C=N–C) groups is 1. The van der Waals surface area contributed by atoms with Crippen LogP contribution in [0.25, 0.3) is 20.9 Å². The first kappa shape index (κ1) is 38.0. The van der Waals surface area contributed by atoms with Gasteiger partial charge in [0, 0.05) is 41.4 Å². The molecule has 1 aliphatic heterocycles. The van der Waals surface area contributed by atoms with Gasteiger partial charge in [-0.2, -0.15) is 0 Å². The first-order chi connectivity index (χ1) is 26.0. The van der Waals surface area contributed by atoms with Gasteiger partial charge in [-0.15, -0.1) is 0 Å². The van der Waals surface area contributed by atoms with Gasteiger partial charge in [0.2, 0.25) is 5.90 Å². The van der Waals surface area contributed by atoms with Crippen LogP contribution in [-0.4, -0.2) is 56.4 Å². The second-order valence-electron chi connectivity index (χ2n) is 12.0. The van der Waals surface area contributed by atoms with E-state index < -0.39 is 17.6 Å². The zero-order chi connectivity index (χ0) is 37.5. The Morgan fingerprint density at radius 1 is 0.887 bits per heavy atom. The summed E-state index contributed by atoms with van der Waals surface area (Å²) in [4.78, 5) is 25.8. The number of nitrogens with one attached hydrogen (secondary N) is 2. The molecule has 274 valence electrons. The second-order valence-corrected chi connectivity index (χ2v) is 12.0. The Balaban J connectivity index is 1.57. The molecule has 0 bridgehead atoms. The lowest BCUT2D eigenvalue weighted by molar-refractivity contribution is -0.130.